The van der Waals surface area contributed by atoms with E-state index in [-0.39, 0.29) is 11.0 Å². The average molecular weight is 537 g/mol. The number of nitrogens with zero attached hydrogens (tertiary/aromatic N) is 8. The molecule has 2 aromatic carbocycles. The van der Waals surface area contributed by atoms with Crippen molar-refractivity contribution in [3.63, 3.8) is 0 Å². The van der Waals surface area contributed by atoms with Crippen molar-refractivity contribution < 1.29 is 0 Å². The number of thioether (sulfide) groups is 2. The Kier molecular flexibility index (Phi) is 9.90. The zero-order valence-electron chi connectivity index (χ0n) is 22.0. The molecule has 2 aromatic rings. The summed E-state index contributed by atoms with van der Waals surface area (Å²) in [6.45, 7) is 8.33. The third-order valence-electron chi connectivity index (χ3n) is 6.28. The van der Waals surface area contributed by atoms with Gasteiger partial charge in [0.15, 0.2) is 11.0 Å². The van der Waals surface area contributed by atoms with E-state index in [9.17, 15) is 0 Å². The minimum absolute atomic E-state index is 0.0320. The van der Waals surface area contributed by atoms with E-state index in [2.05, 4.69) is 68.4 Å². The van der Waals surface area contributed by atoms with E-state index in [4.69, 9.17) is 0 Å². The molecule has 0 aliphatic carbocycles. The Labute approximate surface area is 229 Å². The van der Waals surface area contributed by atoms with Crippen molar-refractivity contribution in [2.45, 2.75) is 31.3 Å². The van der Waals surface area contributed by atoms with Crippen LogP contribution in [-0.2, 0) is 0 Å². The summed E-state index contributed by atoms with van der Waals surface area (Å²) in [5.74, 6) is 0. The summed E-state index contributed by atoms with van der Waals surface area (Å²) in [5, 5.41) is 21.8. The molecule has 0 N–H and O–H groups in total. The molecule has 0 saturated carbocycles. The summed E-state index contributed by atoms with van der Waals surface area (Å²) in [6.07, 6.45) is 5.11. The third-order valence-corrected chi connectivity index (χ3v) is 8.18. The smallest absolute Gasteiger partial charge is 0.193 e. The third kappa shape index (κ3) is 7.52. The lowest BCUT2D eigenvalue weighted by Gasteiger charge is -2.27. The largest absolute Gasteiger partial charge is 0.372 e. The molecule has 2 unspecified atom stereocenters. The summed E-state index contributed by atoms with van der Waals surface area (Å²) < 4.78 is 0. The lowest BCUT2D eigenvalue weighted by molar-refractivity contribution is 0.437. The Hall–Kier alpha value is -2.98. The molecule has 0 bridgehead atoms. The lowest BCUT2D eigenvalue weighted by atomic mass is 10.2. The quantitative estimate of drug-likeness (QED) is 0.262. The molecule has 0 radical (unpaired) electrons. The summed E-state index contributed by atoms with van der Waals surface area (Å²) >= 11 is 3.32. The Morgan fingerprint density at radius 3 is 1.41 bits per heavy atom. The van der Waals surface area contributed by atoms with Crippen LogP contribution in [0.15, 0.2) is 92.2 Å². The van der Waals surface area contributed by atoms with E-state index in [1.165, 1.54) is 11.4 Å². The number of benzene rings is 2. The highest BCUT2D eigenvalue weighted by Gasteiger charge is 2.15. The molecule has 0 amide bonds. The Morgan fingerprint density at radius 2 is 1.08 bits per heavy atom. The fourth-order valence-corrected chi connectivity index (χ4v) is 5.58. The zero-order valence-corrected chi connectivity index (χ0v) is 23.6. The zero-order chi connectivity index (χ0) is 26.0. The molecule has 196 valence electrons. The first-order valence-corrected chi connectivity index (χ1v) is 14.6. The topological polar surface area (TPSA) is 62.4 Å². The van der Waals surface area contributed by atoms with Crippen molar-refractivity contribution in [3.05, 3.63) is 71.7 Å². The predicted molar refractivity (Wildman–Crippen MR) is 159 cm³/mol. The monoisotopic (exact) mass is 536 g/mol. The van der Waals surface area contributed by atoms with Crippen LogP contribution >= 0.6 is 23.5 Å². The summed E-state index contributed by atoms with van der Waals surface area (Å²) in [7, 11) is 4.02. The number of azo groups is 2. The molecule has 8 nitrogen and oxygen atoms in total. The summed E-state index contributed by atoms with van der Waals surface area (Å²) in [6, 6.07) is 16.8. The number of hydrogen-bond acceptors (Lipinski definition) is 10. The van der Waals surface area contributed by atoms with Crippen LogP contribution in [0, 0.1) is 0 Å². The molecule has 0 fully saturated rings. The van der Waals surface area contributed by atoms with Gasteiger partial charge in [-0.2, -0.15) is 20.5 Å². The second-order valence-corrected chi connectivity index (χ2v) is 10.7. The van der Waals surface area contributed by atoms with Gasteiger partial charge in [-0.3, -0.25) is 0 Å². The molecule has 2 aliphatic heterocycles. The van der Waals surface area contributed by atoms with Gasteiger partial charge in [-0.25, -0.2) is 0 Å². The minimum atomic E-state index is 0.0320. The van der Waals surface area contributed by atoms with Crippen LogP contribution in [0.2, 0.25) is 0 Å². The molecule has 2 atom stereocenters. The van der Waals surface area contributed by atoms with Gasteiger partial charge in [0.25, 0.3) is 0 Å². The Bertz CT molecular complexity index is 1010. The summed E-state index contributed by atoms with van der Waals surface area (Å²) in [5.41, 5.74) is 4.26. The fraction of sp³-hybridized carbons (Fsp3) is 0.407. The molecular weight excluding hydrogens is 500 g/mol. The van der Waals surface area contributed by atoms with Crippen LogP contribution in [0.25, 0.3) is 0 Å². The van der Waals surface area contributed by atoms with E-state index < -0.39 is 0 Å². The summed E-state index contributed by atoms with van der Waals surface area (Å²) in [4.78, 5) is 8.92. The van der Waals surface area contributed by atoms with Crippen LogP contribution in [0.3, 0.4) is 0 Å². The van der Waals surface area contributed by atoms with Crippen LogP contribution in [0.5, 0.6) is 0 Å². The normalized spacial score (nSPS) is 19.1. The van der Waals surface area contributed by atoms with Crippen LogP contribution in [0.4, 0.5) is 22.7 Å². The first kappa shape index (κ1) is 27.1. The predicted octanol–water partition coefficient (Wildman–Crippen LogP) is 7.46. The van der Waals surface area contributed by atoms with Crippen LogP contribution in [0.1, 0.15) is 20.3 Å². The second kappa shape index (κ2) is 13.5. The molecule has 4 rings (SSSR count). The highest BCUT2D eigenvalue weighted by atomic mass is 32.2. The molecular formula is C27H36N8S2. The molecule has 10 heteroatoms. The van der Waals surface area contributed by atoms with E-state index >= 15 is 0 Å². The maximum Gasteiger partial charge on any atom is 0.193 e. The van der Waals surface area contributed by atoms with Crippen molar-refractivity contribution >= 4 is 46.3 Å². The number of anilines is 2. The highest BCUT2D eigenvalue weighted by molar-refractivity contribution is 8.03. The number of hydrogen-bond donors (Lipinski definition) is 0. The maximum atomic E-state index is 4.43. The van der Waals surface area contributed by atoms with Crippen LogP contribution < -0.4 is 9.80 Å². The SMILES string of the molecule is CCN(CCCN(CC)c1ccc(N=NC2SC=CN2C)cc1)c1ccc(N=NC2SC=CN2C)cc1. The van der Waals surface area contributed by atoms with Gasteiger partial charge in [0.05, 0.1) is 11.4 Å². The fourth-order valence-electron chi connectivity index (χ4n) is 4.04. The van der Waals surface area contributed by atoms with Crippen molar-refractivity contribution in [2.75, 3.05) is 50.1 Å². The average Bonchev–Trinajstić information content (AvgIpc) is 3.54. The van der Waals surface area contributed by atoms with Gasteiger partial charge in [-0.15, -0.1) is 0 Å². The number of rotatable bonds is 12. The van der Waals surface area contributed by atoms with Gasteiger partial charge in [-0.1, -0.05) is 23.5 Å². The van der Waals surface area contributed by atoms with E-state index in [1.807, 2.05) is 71.4 Å². The molecule has 2 aliphatic rings. The first-order valence-electron chi connectivity index (χ1n) is 12.7. The minimum Gasteiger partial charge on any atom is -0.372 e. The van der Waals surface area contributed by atoms with E-state index in [1.54, 1.807) is 23.5 Å². The van der Waals surface area contributed by atoms with Gasteiger partial charge in [0.1, 0.15) is 0 Å². The van der Waals surface area contributed by atoms with E-state index in [0.29, 0.717) is 0 Å². The molecule has 0 spiro atoms. The first-order chi connectivity index (χ1) is 18.1. The Balaban J connectivity index is 1.26. The van der Waals surface area contributed by atoms with Gasteiger partial charge in [0, 0.05) is 64.0 Å². The van der Waals surface area contributed by atoms with Crippen molar-refractivity contribution in [1.29, 1.82) is 0 Å². The second-order valence-electron chi connectivity index (χ2n) is 8.80. The highest BCUT2D eigenvalue weighted by Crippen LogP contribution is 2.28. The van der Waals surface area contributed by atoms with Gasteiger partial charge in [-0.05, 0) is 79.6 Å². The molecule has 2 heterocycles. The van der Waals surface area contributed by atoms with Crippen molar-refractivity contribution in [1.82, 2.24) is 9.80 Å². The standard InChI is InChI=1S/C27H36N8S2/c1-5-34(24-12-8-22(9-13-24)28-30-26-32(3)18-20-36-26)16-7-17-35(6-2)25-14-10-23(11-15-25)29-31-27-33(4)19-21-37-27/h8-15,18-21,26-27H,5-7,16-17H2,1-4H3. The van der Waals surface area contributed by atoms with Gasteiger partial charge >= 0.3 is 0 Å². The maximum absolute atomic E-state index is 4.43. The molecule has 0 saturated heterocycles. The Morgan fingerprint density at radius 1 is 0.676 bits per heavy atom. The molecule has 0 aromatic heterocycles. The van der Waals surface area contributed by atoms with Gasteiger partial charge < -0.3 is 19.6 Å². The van der Waals surface area contributed by atoms with E-state index in [0.717, 1.165) is 44.0 Å². The lowest BCUT2D eigenvalue weighted by Crippen LogP contribution is -2.30. The molecule has 37 heavy (non-hydrogen) atoms. The van der Waals surface area contributed by atoms with Crippen molar-refractivity contribution in [3.8, 4) is 0 Å². The van der Waals surface area contributed by atoms with Crippen LogP contribution in [-0.4, -0.2) is 61.1 Å². The van der Waals surface area contributed by atoms with Crippen molar-refractivity contribution in [2.24, 2.45) is 20.5 Å². The van der Waals surface area contributed by atoms with Gasteiger partial charge in [0.2, 0.25) is 0 Å².